The van der Waals surface area contributed by atoms with Crippen molar-refractivity contribution in [3.63, 3.8) is 0 Å². The number of hydrogen-bond donors (Lipinski definition) is 1. The first-order valence-electron chi connectivity index (χ1n) is 5.47. The second-order valence-corrected chi connectivity index (χ2v) is 3.79. The highest BCUT2D eigenvalue weighted by molar-refractivity contribution is 5.96. The molecule has 0 spiro atoms. The summed E-state index contributed by atoms with van der Waals surface area (Å²) < 4.78 is 5.53. The van der Waals surface area contributed by atoms with Crippen LogP contribution in [0.5, 0.6) is 0 Å². The average molecular weight is 233 g/mol. The minimum atomic E-state index is -0.299. The molecule has 17 heavy (non-hydrogen) atoms. The highest BCUT2D eigenvalue weighted by atomic mass is 16.5. The van der Waals surface area contributed by atoms with Gasteiger partial charge in [0.1, 0.15) is 18.4 Å². The molecule has 5 nitrogen and oxygen atoms in total. The second-order valence-electron chi connectivity index (χ2n) is 3.79. The van der Waals surface area contributed by atoms with E-state index in [1.54, 1.807) is 6.08 Å². The van der Waals surface area contributed by atoms with Gasteiger partial charge < -0.3 is 9.64 Å². The molecule has 0 saturated heterocycles. The molecule has 90 valence electrons. The maximum Gasteiger partial charge on any atom is 0.262 e. The molecule has 1 amide bonds. The Balaban J connectivity index is 2.50. The Labute approximate surface area is 100 Å². The number of amidine groups is 1. The van der Waals surface area contributed by atoms with Gasteiger partial charge in [-0.2, -0.15) is 5.10 Å². The standard InChI is InChI=1S/C12H15N3O2/c1-4-6-9-10(5-2)17-7-11-13-14-12(16)8(3)15(9)11/h4-6,8H,2,7H2,1,3H3,(H,14,16). The quantitative estimate of drug-likeness (QED) is 0.777. The summed E-state index contributed by atoms with van der Waals surface area (Å²) in [6.07, 6.45) is 5.43. The van der Waals surface area contributed by atoms with Gasteiger partial charge in [-0.1, -0.05) is 12.7 Å². The van der Waals surface area contributed by atoms with Crippen molar-refractivity contribution in [2.75, 3.05) is 6.61 Å². The number of hydrogen-bond acceptors (Lipinski definition) is 4. The van der Waals surface area contributed by atoms with Crippen molar-refractivity contribution in [2.24, 2.45) is 5.10 Å². The van der Waals surface area contributed by atoms with Gasteiger partial charge in [0.15, 0.2) is 5.84 Å². The number of carbonyl (C=O) groups is 1. The maximum absolute atomic E-state index is 11.6. The minimum absolute atomic E-state index is 0.124. The fraction of sp³-hybridized carbons (Fsp3) is 0.333. The number of hydrazone groups is 1. The van der Waals surface area contributed by atoms with Crippen molar-refractivity contribution in [1.29, 1.82) is 0 Å². The van der Waals surface area contributed by atoms with E-state index < -0.39 is 0 Å². The molecule has 5 heteroatoms. The molecule has 1 atom stereocenters. The molecule has 1 unspecified atom stereocenters. The van der Waals surface area contributed by atoms with E-state index in [4.69, 9.17) is 4.74 Å². The van der Waals surface area contributed by atoms with Crippen molar-refractivity contribution in [1.82, 2.24) is 10.3 Å². The van der Waals surface area contributed by atoms with Gasteiger partial charge in [0, 0.05) is 0 Å². The number of carbonyl (C=O) groups excluding carboxylic acids is 1. The summed E-state index contributed by atoms with van der Waals surface area (Å²) in [5.41, 5.74) is 3.30. The largest absolute Gasteiger partial charge is 0.483 e. The molecule has 0 aromatic rings. The van der Waals surface area contributed by atoms with Crippen LogP contribution in [0.1, 0.15) is 13.8 Å². The lowest BCUT2D eigenvalue weighted by molar-refractivity contribution is -0.125. The third kappa shape index (κ3) is 1.84. The Hall–Kier alpha value is -2.04. The summed E-state index contributed by atoms with van der Waals surface area (Å²) >= 11 is 0. The van der Waals surface area contributed by atoms with Crippen LogP contribution in [0.4, 0.5) is 0 Å². The summed E-state index contributed by atoms with van der Waals surface area (Å²) in [5, 5.41) is 4.00. The first-order valence-corrected chi connectivity index (χ1v) is 5.47. The Morgan fingerprint density at radius 3 is 3.06 bits per heavy atom. The molecular formula is C12H15N3O2. The second kappa shape index (κ2) is 4.45. The van der Waals surface area contributed by atoms with Gasteiger partial charge in [0.2, 0.25) is 0 Å². The fourth-order valence-corrected chi connectivity index (χ4v) is 1.88. The number of nitrogens with one attached hydrogen (secondary N) is 1. The monoisotopic (exact) mass is 233 g/mol. The molecule has 0 bridgehead atoms. The average Bonchev–Trinajstić information content (AvgIpc) is 2.34. The topological polar surface area (TPSA) is 53.9 Å². The zero-order chi connectivity index (χ0) is 12.4. The maximum atomic E-state index is 11.6. The number of ether oxygens (including phenoxy) is 1. The van der Waals surface area contributed by atoms with E-state index >= 15 is 0 Å². The molecule has 0 aliphatic carbocycles. The smallest absolute Gasteiger partial charge is 0.262 e. The van der Waals surface area contributed by atoms with E-state index in [2.05, 4.69) is 17.1 Å². The Bertz CT molecular complexity index is 449. The highest BCUT2D eigenvalue weighted by Crippen LogP contribution is 2.25. The Kier molecular flexibility index (Phi) is 2.99. The van der Waals surface area contributed by atoms with Crippen LogP contribution in [-0.4, -0.2) is 29.3 Å². The van der Waals surface area contributed by atoms with E-state index in [0.29, 0.717) is 18.2 Å². The summed E-state index contributed by atoms with van der Waals surface area (Å²) in [6.45, 7) is 7.80. The van der Waals surface area contributed by atoms with Crippen molar-refractivity contribution < 1.29 is 9.53 Å². The van der Waals surface area contributed by atoms with E-state index in [9.17, 15) is 4.79 Å². The van der Waals surface area contributed by atoms with Gasteiger partial charge >= 0.3 is 0 Å². The molecular weight excluding hydrogens is 218 g/mol. The van der Waals surface area contributed by atoms with Gasteiger partial charge in [-0.25, -0.2) is 5.43 Å². The predicted octanol–water partition coefficient (Wildman–Crippen LogP) is 1.12. The Morgan fingerprint density at radius 1 is 1.65 bits per heavy atom. The van der Waals surface area contributed by atoms with E-state index in [-0.39, 0.29) is 11.9 Å². The van der Waals surface area contributed by atoms with Crippen LogP contribution in [0.2, 0.25) is 0 Å². The summed E-state index contributed by atoms with van der Waals surface area (Å²) in [4.78, 5) is 13.5. The van der Waals surface area contributed by atoms with Crippen LogP contribution >= 0.6 is 0 Å². The molecule has 1 N–H and O–H groups in total. The van der Waals surface area contributed by atoms with Gasteiger partial charge in [0.25, 0.3) is 5.91 Å². The van der Waals surface area contributed by atoms with Crippen LogP contribution in [0.3, 0.4) is 0 Å². The van der Waals surface area contributed by atoms with E-state index in [1.807, 2.05) is 30.9 Å². The van der Waals surface area contributed by atoms with Gasteiger partial charge in [-0.3, -0.25) is 4.79 Å². The van der Waals surface area contributed by atoms with Crippen LogP contribution in [-0.2, 0) is 9.53 Å². The number of allylic oxidation sites excluding steroid dienone is 3. The highest BCUT2D eigenvalue weighted by Gasteiger charge is 2.34. The third-order valence-electron chi connectivity index (χ3n) is 2.72. The SMILES string of the molecule is C=CC1=C(C=CC)N2C(=NNC(=O)C2C)CO1. The third-order valence-corrected chi connectivity index (χ3v) is 2.72. The lowest BCUT2D eigenvalue weighted by Crippen LogP contribution is -2.54. The summed E-state index contributed by atoms with van der Waals surface area (Å²) in [7, 11) is 0. The van der Waals surface area contributed by atoms with Crippen molar-refractivity contribution in [2.45, 2.75) is 19.9 Å². The molecule has 0 aromatic heterocycles. The number of rotatable bonds is 2. The molecule has 0 fully saturated rings. The number of amides is 1. The zero-order valence-electron chi connectivity index (χ0n) is 9.93. The molecule has 0 aromatic carbocycles. The molecule has 2 heterocycles. The van der Waals surface area contributed by atoms with Crippen LogP contribution in [0.15, 0.2) is 41.4 Å². The van der Waals surface area contributed by atoms with E-state index in [0.717, 1.165) is 5.70 Å². The van der Waals surface area contributed by atoms with Crippen LogP contribution < -0.4 is 5.43 Å². The molecule has 0 saturated carbocycles. The first-order chi connectivity index (χ1) is 8.19. The van der Waals surface area contributed by atoms with Crippen molar-refractivity contribution in [3.8, 4) is 0 Å². The molecule has 2 aliphatic rings. The zero-order valence-corrected chi connectivity index (χ0v) is 9.93. The van der Waals surface area contributed by atoms with Gasteiger partial charge in [-0.15, -0.1) is 0 Å². The normalized spacial score (nSPS) is 24.1. The molecule has 2 rings (SSSR count). The van der Waals surface area contributed by atoms with Gasteiger partial charge in [0.05, 0.1) is 5.70 Å². The van der Waals surface area contributed by atoms with Crippen LogP contribution in [0, 0.1) is 0 Å². The van der Waals surface area contributed by atoms with Crippen LogP contribution in [0.25, 0.3) is 0 Å². The number of fused-ring (bicyclic) bond motifs is 1. The summed E-state index contributed by atoms with van der Waals surface area (Å²) in [6, 6.07) is -0.299. The Morgan fingerprint density at radius 2 is 2.41 bits per heavy atom. The predicted molar refractivity (Wildman–Crippen MR) is 64.9 cm³/mol. The lowest BCUT2D eigenvalue weighted by Gasteiger charge is -2.38. The lowest BCUT2D eigenvalue weighted by atomic mass is 10.1. The first kappa shape index (κ1) is 11.4. The van der Waals surface area contributed by atoms with Crippen molar-refractivity contribution in [3.05, 3.63) is 36.3 Å². The minimum Gasteiger partial charge on any atom is -0.483 e. The van der Waals surface area contributed by atoms with Crippen molar-refractivity contribution >= 4 is 11.7 Å². The molecule has 0 radical (unpaired) electrons. The molecule has 2 aliphatic heterocycles. The fourth-order valence-electron chi connectivity index (χ4n) is 1.88. The van der Waals surface area contributed by atoms with Gasteiger partial charge in [-0.05, 0) is 26.0 Å². The number of nitrogens with zero attached hydrogens (tertiary/aromatic N) is 2. The summed E-state index contributed by atoms with van der Waals surface area (Å²) in [5.74, 6) is 1.25. The van der Waals surface area contributed by atoms with E-state index in [1.165, 1.54) is 0 Å².